The minimum Gasteiger partial charge on any atom is -0.508 e. The number of carbonyl (C=O) groups excluding carboxylic acids is 1. The van der Waals surface area contributed by atoms with E-state index in [9.17, 15) is 14.8 Å². The van der Waals surface area contributed by atoms with Crippen molar-refractivity contribution in [1.29, 1.82) is 0 Å². The molecule has 0 saturated carbocycles. The molecule has 2 saturated heterocycles. The number of hydrazine groups is 1. The first-order valence-electron chi connectivity index (χ1n) is 12.9. The van der Waals surface area contributed by atoms with Crippen LogP contribution in [0, 0.1) is 4.91 Å². The third-order valence-corrected chi connectivity index (χ3v) is 8.34. The Bertz CT molecular complexity index is 1340. The smallest absolute Gasteiger partial charge is 0.294 e. The fourth-order valence-electron chi connectivity index (χ4n) is 6.53. The number of phenols is 1. The van der Waals surface area contributed by atoms with E-state index >= 15 is 0 Å². The molecule has 2 N–H and O–H groups in total. The number of likely N-dealkylation sites (tertiary alicyclic amines) is 1. The molecule has 4 heterocycles. The number of fused-ring (bicyclic) bond motifs is 4. The summed E-state index contributed by atoms with van der Waals surface area (Å²) < 4.78 is 5.48. The van der Waals surface area contributed by atoms with Crippen molar-refractivity contribution in [2.75, 3.05) is 26.7 Å². The first-order valence-corrected chi connectivity index (χ1v) is 12.9. The maximum absolute atomic E-state index is 14.0. The highest BCUT2D eigenvalue weighted by Crippen LogP contribution is 2.49. The fourth-order valence-corrected chi connectivity index (χ4v) is 6.53. The van der Waals surface area contributed by atoms with E-state index in [1.165, 1.54) is 12.8 Å². The Balaban J connectivity index is 1.42. The molecule has 0 aliphatic carbocycles. The van der Waals surface area contributed by atoms with Crippen molar-refractivity contribution in [2.45, 2.75) is 56.7 Å². The molecule has 0 spiro atoms. The first-order chi connectivity index (χ1) is 17.4. The summed E-state index contributed by atoms with van der Waals surface area (Å²) in [7, 11) is 1.64. The maximum Gasteiger partial charge on any atom is 0.294 e. The number of ketones is 1. The summed E-state index contributed by atoms with van der Waals surface area (Å²) in [5.41, 5.74) is 2.62. The molecule has 8 nitrogen and oxygen atoms in total. The van der Waals surface area contributed by atoms with Crippen LogP contribution in [0.2, 0.25) is 0 Å². The van der Waals surface area contributed by atoms with Gasteiger partial charge in [0.15, 0.2) is 11.6 Å². The quantitative estimate of drug-likeness (QED) is 0.507. The molecule has 0 radical (unpaired) electrons. The van der Waals surface area contributed by atoms with Crippen LogP contribution in [0.15, 0.2) is 42.5 Å². The van der Waals surface area contributed by atoms with Gasteiger partial charge in [0.25, 0.3) is 6.04 Å². The lowest BCUT2D eigenvalue weighted by atomic mass is 9.79. The Morgan fingerprint density at radius 1 is 1.19 bits per heavy atom. The van der Waals surface area contributed by atoms with Gasteiger partial charge in [-0.3, -0.25) is 4.79 Å². The molecule has 0 amide bonds. The summed E-state index contributed by atoms with van der Waals surface area (Å²) in [5, 5.41) is 13.0. The Morgan fingerprint density at radius 3 is 2.75 bits per heavy atom. The van der Waals surface area contributed by atoms with Gasteiger partial charge in [0, 0.05) is 23.7 Å². The van der Waals surface area contributed by atoms with E-state index < -0.39 is 17.6 Å². The molecule has 8 heteroatoms. The minimum atomic E-state index is -0.985. The molecule has 2 fully saturated rings. The normalized spacial score (nSPS) is 26.0. The SMILES string of the molecule is COc1ccc2[nH]c3c(c2c1)C[C@@]1(C)C(=O)C(CCCN2CCCC2)[N+](=O)N1[C@@H]3c1cccc(O)c1. The highest BCUT2D eigenvalue weighted by molar-refractivity contribution is 5.95. The van der Waals surface area contributed by atoms with Crippen molar-refractivity contribution in [1.82, 2.24) is 14.9 Å². The largest absolute Gasteiger partial charge is 0.508 e. The van der Waals surface area contributed by atoms with Gasteiger partial charge < -0.3 is 19.7 Å². The van der Waals surface area contributed by atoms with Crippen molar-refractivity contribution in [3.05, 3.63) is 64.2 Å². The fraction of sp³-hybridized carbons (Fsp3) is 0.464. The molecule has 3 atom stereocenters. The molecule has 1 unspecified atom stereocenters. The maximum atomic E-state index is 14.0. The molecular formula is C28H33N4O4+. The van der Waals surface area contributed by atoms with Crippen molar-refractivity contribution >= 4 is 16.7 Å². The lowest BCUT2D eigenvalue weighted by molar-refractivity contribution is -0.727. The Labute approximate surface area is 210 Å². The van der Waals surface area contributed by atoms with Crippen molar-refractivity contribution < 1.29 is 19.5 Å². The lowest BCUT2D eigenvalue weighted by Crippen LogP contribution is -2.54. The number of nitrogens with one attached hydrogen (secondary N) is 1. The van der Waals surface area contributed by atoms with Gasteiger partial charge in [0.2, 0.25) is 5.78 Å². The molecular weight excluding hydrogens is 456 g/mol. The molecule has 6 rings (SSSR count). The van der Waals surface area contributed by atoms with E-state index in [2.05, 4.69) is 9.88 Å². The van der Waals surface area contributed by atoms with Gasteiger partial charge >= 0.3 is 0 Å². The zero-order chi connectivity index (χ0) is 25.0. The van der Waals surface area contributed by atoms with E-state index in [0.717, 1.165) is 64.4 Å². The topological polar surface area (TPSA) is 88.9 Å². The highest BCUT2D eigenvalue weighted by atomic mass is 16.5. The van der Waals surface area contributed by atoms with Crippen molar-refractivity contribution in [3.8, 4) is 11.5 Å². The lowest BCUT2D eigenvalue weighted by Gasteiger charge is -2.37. The van der Waals surface area contributed by atoms with E-state index in [0.29, 0.717) is 12.8 Å². The Hall–Kier alpha value is -3.39. The summed E-state index contributed by atoms with van der Waals surface area (Å²) >= 11 is 0. The van der Waals surface area contributed by atoms with Crippen LogP contribution in [0.25, 0.3) is 10.9 Å². The standard InChI is InChI=1S/C28H32N4O4/c1-28-17-22-21-16-20(36-2)10-11-23(21)29-25(22)26(18-7-5-8-19(33)15-18)31(28)32(35)24(27(28)34)9-6-14-30-12-3-4-13-30/h5,7-8,10-11,15-16,24,26,29H,3-4,6,9,12-14,17H2,1-2H3/p+1/t24?,26-,28+/m1/s1. The molecule has 3 aromatic rings. The molecule has 3 aliphatic heterocycles. The van der Waals surface area contributed by atoms with E-state index in [4.69, 9.17) is 4.74 Å². The number of Topliss-reactive ketones (excluding diaryl/α,β-unsaturated/α-hetero) is 1. The number of carbonyl (C=O) groups is 1. The molecule has 36 heavy (non-hydrogen) atoms. The number of phenolic OH excluding ortho intramolecular Hbond substituents is 1. The van der Waals surface area contributed by atoms with Gasteiger partial charge in [-0.1, -0.05) is 12.1 Å². The van der Waals surface area contributed by atoms with Crippen LogP contribution in [0.5, 0.6) is 11.5 Å². The van der Waals surface area contributed by atoms with Gasteiger partial charge in [0.1, 0.15) is 16.4 Å². The third-order valence-electron chi connectivity index (χ3n) is 8.34. The van der Waals surface area contributed by atoms with Gasteiger partial charge in [-0.25, -0.2) is 0 Å². The van der Waals surface area contributed by atoms with Crippen LogP contribution < -0.4 is 4.74 Å². The number of hydrogen-bond acceptors (Lipinski definition) is 5. The number of nitrogens with zero attached hydrogens (tertiary/aromatic N) is 3. The average molecular weight is 490 g/mol. The van der Waals surface area contributed by atoms with E-state index in [1.807, 2.05) is 31.2 Å². The Morgan fingerprint density at radius 2 is 2.00 bits per heavy atom. The second-order valence-electron chi connectivity index (χ2n) is 10.6. The number of hydrogen-bond donors (Lipinski definition) is 2. The highest BCUT2D eigenvalue weighted by Gasteiger charge is 2.67. The van der Waals surface area contributed by atoms with Crippen LogP contribution in [-0.4, -0.2) is 69.0 Å². The number of ether oxygens (including phenoxy) is 1. The minimum absolute atomic E-state index is 0.0213. The molecule has 188 valence electrons. The van der Waals surface area contributed by atoms with Gasteiger partial charge in [-0.05, 0) is 87.3 Å². The predicted molar refractivity (Wildman–Crippen MR) is 136 cm³/mol. The van der Waals surface area contributed by atoms with Crippen LogP contribution in [0.4, 0.5) is 0 Å². The number of H-pyrrole nitrogens is 1. The number of benzene rings is 2. The molecule has 0 bridgehead atoms. The number of nitroso groups, excluding NO2 is 1. The van der Waals surface area contributed by atoms with Crippen LogP contribution in [0.3, 0.4) is 0 Å². The average Bonchev–Trinajstić information content (AvgIpc) is 3.56. The van der Waals surface area contributed by atoms with Gasteiger partial charge in [-0.15, -0.1) is 5.01 Å². The number of aromatic nitrogens is 1. The monoisotopic (exact) mass is 489 g/mol. The van der Waals surface area contributed by atoms with Crippen LogP contribution in [-0.2, 0) is 11.2 Å². The van der Waals surface area contributed by atoms with Gasteiger partial charge in [-0.2, -0.15) is 0 Å². The van der Waals surface area contributed by atoms with Crippen molar-refractivity contribution in [3.63, 3.8) is 0 Å². The summed E-state index contributed by atoms with van der Waals surface area (Å²) in [6.07, 6.45) is 4.25. The molecule has 2 aromatic carbocycles. The molecule has 1 aromatic heterocycles. The zero-order valence-electron chi connectivity index (χ0n) is 20.9. The second-order valence-corrected chi connectivity index (χ2v) is 10.6. The number of aromatic hydroxyl groups is 1. The number of rotatable bonds is 6. The summed E-state index contributed by atoms with van der Waals surface area (Å²) in [6.45, 7) is 5.04. The third kappa shape index (κ3) is 3.50. The Kier molecular flexibility index (Phi) is 5.52. The second kappa shape index (κ2) is 8.62. The summed E-state index contributed by atoms with van der Waals surface area (Å²) in [6, 6.07) is 11.6. The predicted octanol–water partition coefficient (Wildman–Crippen LogP) is 4.11. The van der Waals surface area contributed by atoms with E-state index in [1.54, 1.807) is 30.3 Å². The van der Waals surface area contributed by atoms with Crippen LogP contribution in [0.1, 0.15) is 55.5 Å². The van der Waals surface area contributed by atoms with Crippen LogP contribution >= 0.6 is 0 Å². The zero-order valence-corrected chi connectivity index (χ0v) is 20.9. The summed E-state index contributed by atoms with van der Waals surface area (Å²) in [4.78, 5) is 34.7. The number of aromatic amines is 1. The number of methoxy groups -OCH3 is 1. The first kappa shape index (κ1) is 23.0. The van der Waals surface area contributed by atoms with Crippen molar-refractivity contribution in [2.24, 2.45) is 0 Å². The molecule has 3 aliphatic rings. The van der Waals surface area contributed by atoms with Gasteiger partial charge in [0.05, 0.1) is 17.7 Å². The summed E-state index contributed by atoms with van der Waals surface area (Å²) in [5.74, 6) is 0.852. The van der Waals surface area contributed by atoms with E-state index in [-0.39, 0.29) is 11.5 Å².